The van der Waals surface area contributed by atoms with Crippen molar-refractivity contribution >= 4 is 37.5 Å². The molecule has 2 aromatic carbocycles. The molecule has 0 atom stereocenters. The number of hydrogen-bond acceptors (Lipinski definition) is 5. The number of amides is 1. The predicted molar refractivity (Wildman–Crippen MR) is 104 cm³/mol. The van der Waals surface area contributed by atoms with E-state index in [1.54, 1.807) is 18.2 Å². The summed E-state index contributed by atoms with van der Waals surface area (Å²) in [5, 5.41) is 6.73. The van der Waals surface area contributed by atoms with Crippen molar-refractivity contribution in [2.24, 2.45) is 0 Å². The van der Waals surface area contributed by atoms with Crippen molar-refractivity contribution in [3.63, 3.8) is 0 Å². The van der Waals surface area contributed by atoms with Gasteiger partial charge in [-0.15, -0.1) is 0 Å². The van der Waals surface area contributed by atoms with Crippen molar-refractivity contribution in [1.29, 1.82) is 0 Å². The number of aromatic nitrogens is 3. The molecule has 0 aliphatic carbocycles. The molecule has 146 valence electrons. The number of sulfonamides is 1. The lowest BCUT2D eigenvalue weighted by molar-refractivity contribution is 0.102. The third-order valence-corrected chi connectivity index (χ3v) is 6.15. The number of nitrogens with one attached hydrogen (secondary N) is 1. The molecular weight excluding hydrogens is 453 g/mol. The zero-order chi connectivity index (χ0) is 20.5. The second-order valence-corrected chi connectivity index (χ2v) is 8.92. The first kappa shape index (κ1) is 20.1. The monoisotopic (exact) mass is 467 g/mol. The van der Waals surface area contributed by atoms with Gasteiger partial charge in [-0.05, 0) is 36.4 Å². The minimum Gasteiger partial charge on any atom is -0.320 e. The molecule has 1 N–H and O–H groups in total. The van der Waals surface area contributed by atoms with Crippen molar-refractivity contribution < 1.29 is 17.6 Å². The van der Waals surface area contributed by atoms with Gasteiger partial charge in [0.15, 0.2) is 0 Å². The zero-order valence-corrected chi connectivity index (χ0v) is 17.2. The van der Waals surface area contributed by atoms with Gasteiger partial charge < -0.3 is 5.32 Å². The number of hydrogen-bond donors (Lipinski definition) is 1. The lowest BCUT2D eigenvalue weighted by Crippen LogP contribution is -2.24. The van der Waals surface area contributed by atoms with E-state index in [1.807, 2.05) is 0 Å². The lowest BCUT2D eigenvalue weighted by Gasteiger charge is -2.14. The molecule has 1 aromatic heterocycles. The van der Waals surface area contributed by atoms with E-state index in [9.17, 15) is 17.6 Å². The Kier molecular flexibility index (Phi) is 5.59. The number of nitrogens with zero attached hydrogens (tertiary/aromatic N) is 4. The topological polar surface area (TPSA) is 97.2 Å². The highest BCUT2D eigenvalue weighted by atomic mass is 79.9. The van der Waals surface area contributed by atoms with E-state index in [0.29, 0.717) is 15.8 Å². The summed E-state index contributed by atoms with van der Waals surface area (Å²) in [6.45, 7) is 0. The Balaban J connectivity index is 1.98. The van der Waals surface area contributed by atoms with Gasteiger partial charge in [0.05, 0.1) is 11.4 Å². The Labute approximate surface area is 169 Å². The maximum absolute atomic E-state index is 14.1. The van der Waals surface area contributed by atoms with Crippen molar-refractivity contribution in [3.05, 3.63) is 64.9 Å². The molecule has 8 nitrogen and oxygen atoms in total. The SMILES string of the molecule is CN(C)S(=O)(=O)c1cc(C(=O)Nc2cc(Br)ccc2-n2cncn2)ccc1F. The maximum atomic E-state index is 14.1. The Morgan fingerprint density at radius 2 is 1.96 bits per heavy atom. The van der Waals surface area contributed by atoms with Gasteiger partial charge in [0, 0.05) is 24.1 Å². The minimum absolute atomic E-state index is 0.00802. The van der Waals surface area contributed by atoms with Gasteiger partial charge in [-0.25, -0.2) is 26.8 Å². The quantitative estimate of drug-likeness (QED) is 0.621. The highest BCUT2D eigenvalue weighted by Gasteiger charge is 2.23. The zero-order valence-electron chi connectivity index (χ0n) is 14.8. The Morgan fingerprint density at radius 1 is 1.21 bits per heavy atom. The molecule has 0 fully saturated rings. The molecule has 0 aliphatic rings. The van der Waals surface area contributed by atoms with Gasteiger partial charge in [0.1, 0.15) is 23.4 Å². The second kappa shape index (κ2) is 7.78. The first-order valence-corrected chi connectivity index (χ1v) is 10.1. The number of anilines is 1. The minimum atomic E-state index is -4.04. The summed E-state index contributed by atoms with van der Waals surface area (Å²) in [5.41, 5.74) is 0.954. The van der Waals surface area contributed by atoms with E-state index in [-0.39, 0.29) is 5.56 Å². The molecule has 11 heteroatoms. The summed E-state index contributed by atoms with van der Waals surface area (Å²) in [6.07, 6.45) is 2.82. The van der Waals surface area contributed by atoms with E-state index in [1.165, 1.54) is 37.5 Å². The standard InChI is InChI=1S/C17H15BrFN5O3S/c1-23(2)28(26,27)16-7-11(3-5-13(16)19)17(25)22-14-8-12(18)4-6-15(14)24-10-20-9-21-24/h3-10H,1-2H3,(H,22,25). The molecule has 0 bridgehead atoms. The molecule has 0 unspecified atom stereocenters. The van der Waals surface area contributed by atoms with Gasteiger partial charge in [-0.1, -0.05) is 15.9 Å². The van der Waals surface area contributed by atoms with E-state index in [2.05, 4.69) is 31.3 Å². The molecule has 3 aromatic rings. The highest BCUT2D eigenvalue weighted by Crippen LogP contribution is 2.26. The number of benzene rings is 2. The van der Waals surface area contributed by atoms with Gasteiger partial charge in [-0.3, -0.25) is 4.79 Å². The van der Waals surface area contributed by atoms with Gasteiger partial charge in [-0.2, -0.15) is 5.10 Å². The normalized spacial score (nSPS) is 11.6. The third kappa shape index (κ3) is 3.96. The van der Waals surface area contributed by atoms with Crippen LogP contribution in [0.1, 0.15) is 10.4 Å². The van der Waals surface area contributed by atoms with Gasteiger partial charge in [0.2, 0.25) is 10.0 Å². The van der Waals surface area contributed by atoms with E-state index < -0.39 is 26.6 Å². The third-order valence-electron chi connectivity index (χ3n) is 3.82. The van der Waals surface area contributed by atoms with Crippen molar-refractivity contribution in [1.82, 2.24) is 19.1 Å². The first-order chi connectivity index (χ1) is 13.2. The molecule has 28 heavy (non-hydrogen) atoms. The van der Waals surface area contributed by atoms with Crippen LogP contribution in [0.25, 0.3) is 5.69 Å². The Hall–Kier alpha value is -2.63. The highest BCUT2D eigenvalue weighted by molar-refractivity contribution is 9.10. The Bertz CT molecular complexity index is 1130. The first-order valence-electron chi connectivity index (χ1n) is 7.88. The maximum Gasteiger partial charge on any atom is 0.255 e. The van der Waals surface area contributed by atoms with E-state index in [0.717, 1.165) is 16.4 Å². The molecule has 1 heterocycles. The van der Waals surface area contributed by atoms with Crippen molar-refractivity contribution in [3.8, 4) is 5.69 Å². The van der Waals surface area contributed by atoms with Crippen LogP contribution in [-0.2, 0) is 10.0 Å². The number of rotatable bonds is 5. The molecule has 3 rings (SSSR count). The Morgan fingerprint density at radius 3 is 2.61 bits per heavy atom. The number of halogens is 2. The van der Waals surface area contributed by atoms with Crippen LogP contribution in [0.3, 0.4) is 0 Å². The lowest BCUT2D eigenvalue weighted by atomic mass is 10.2. The summed E-state index contributed by atoms with van der Waals surface area (Å²) in [5.74, 6) is -1.54. The molecule has 0 saturated carbocycles. The van der Waals surface area contributed by atoms with Crippen LogP contribution in [0.15, 0.2) is 58.4 Å². The summed E-state index contributed by atoms with van der Waals surface area (Å²) in [6, 6.07) is 8.33. The van der Waals surface area contributed by atoms with Crippen LogP contribution >= 0.6 is 15.9 Å². The van der Waals surface area contributed by atoms with Crippen LogP contribution in [0, 0.1) is 5.82 Å². The fraction of sp³-hybridized carbons (Fsp3) is 0.118. The largest absolute Gasteiger partial charge is 0.320 e. The van der Waals surface area contributed by atoms with Crippen LogP contribution < -0.4 is 5.32 Å². The fourth-order valence-electron chi connectivity index (χ4n) is 2.37. The van der Waals surface area contributed by atoms with E-state index in [4.69, 9.17) is 0 Å². The summed E-state index contributed by atoms with van der Waals surface area (Å²) in [7, 11) is -1.47. The van der Waals surface area contributed by atoms with Gasteiger partial charge in [0.25, 0.3) is 5.91 Å². The summed E-state index contributed by atoms with van der Waals surface area (Å²) in [4.78, 5) is 16.0. The fourth-order valence-corrected chi connectivity index (χ4v) is 3.72. The summed E-state index contributed by atoms with van der Waals surface area (Å²) >= 11 is 3.34. The molecule has 0 saturated heterocycles. The molecule has 0 radical (unpaired) electrons. The summed E-state index contributed by atoms with van der Waals surface area (Å²) < 4.78 is 41.7. The van der Waals surface area contributed by atoms with Crippen molar-refractivity contribution in [2.75, 3.05) is 19.4 Å². The molecular formula is C17H15BrFN5O3S. The number of carbonyl (C=O) groups excluding carboxylic acids is 1. The molecule has 0 spiro atoms. The second-order valence-electron chi connectivity index (χ2n) is 5.89. The van der Waals surface area contributed by atoms with Crippen LogP contribution in [0.2, 0.25) is 0 Å². The molecule has 0 aliphatic heterocycles. The van der Waals surface area contributed by atoms with Crippen LogP contribution in [0.4, 0.5) is 10.1 Å². The average molecular weight is 468 g/mol. The smallest absolute Gasteiger partial charge is 0.255 e. The molecule has 1 amide bonds. The average Bonchev–Trinajstić information content (AvgIpc) is 3.16. The van der Waals surface area contributed by atoms with Crippen LogP contribution in [0.5, 0.6) is 0 Å². The predicted octanol–water partition coefficient (Wildman–Crippen LogP) is 2.67. The number of carbonyl (C=O) groups is 1. The van der Waals surface area contributed by atoms with Crippen LogP contribution in [-0.4, -0.2) is 47.5 Å². The van der Waals surface area contributed by atoms with E-state index >= 15 is 0 Å². The van der Waals surface area contributed by atoms with Gasteiger partial charge >= 0.3 is 0 Å². The van der Waals surface area contributed by atoms with Crippen molar-refractivity contribution in [2.45, 2.75) is 4.90 Å².